The molecule has 2 N–H and O–H groups in total. The molecule has 2 rings (SSSR count). The standard InChI is InChI=1S/C18H15BrF3NO4/c1-2-16(24)23-15-6-5-12(8-13(15)17(25)26)27-9-10-3-4-11(19)7-14(10)18(20,21)22/h3-8H,2,9H2,1H3,(H,23,24)(H,25,26). The zero-order valence-corrected chi connectivity index (χ0v) is 15.6. The number of alkyl halides is 3. The third kappa shape index (κ3) is 5.46. The summed E-state index contributed by atoms with van der Waals surface area (Å²) in [5.41, 5.74) is -1.07. The first-order valence-electron chi connectivity index (χ1n) is 7.77. The lowest BCUT2D eigenvalue weighted by Crippen LogP contribution is -2.13. The molecule has 0 radical (unpaired) electrons. The normalized spacial score (nSPS) is 11.1. The van der Waals surface area contributed by atoms with Gasteiger partial charge >= 0.3 is 12.1 Å². The number of halogens is 4. The van der Waals surface area contributed by atoms with Crippen LogP contribution >= 0.6 is 15.9 Å². The van der Waals surface area contributed by atoms with Crippen molar-refractivity contribution in [2.24, 2.45) is 0 Å². The molecule has 0 fully saturated rings. The summed E-state index contributed by atoms with van der Waals surface area (Å²) in [5.74, 6) is -1.60. The van der Waals surface area contributed by atoms with Crippen molar-refractivity contribution in [3.8, 4) is 5.75 Å². The van der Waals surface area contributed by atoms with Crippen LogP contribution in [0.4, 0.5) is 18.9 Å². The number of carboxylic acids is 1. The van der Waals surface area contributed by atoms with Crippen LogP contribution in [0.1, 0.15) is 34.8 Å². The largest absolute Gasteiger partial charge is 0.489 e. The quantitative estimate of drug-likeness (QED) is 0.648. The van der Waals surface area contributed by atoms with E-state index in [0.29, 0.717) is 0 Å². The number of amides is 1. The van der Waals surface area contributed by atoms with E-state index >= 15 is 0 Å². The highest BCUT2D eigenvalue weighted by atomic mass is 79.9. The molecule has 0 atom stereocenters. The van der Waals surface area contributed by atoms with E-state index in [-0.39, 0.29) is 39.4 Å². The van der Waals surface area contributed by atoms with Crippen LogP contribution in [0, 0.1) is 0 Å². The number of carbonyl (C=O) groups excluding carboxylic acids is 1. The summed E-state index contributed by atoms with van der Waals surface area (Å²) in [5, 5.41) is 11.7. The fourth-order valence-electron chi connectivity index (χ4n) is 2.24. The molecule has 0 aliphatic heterocycles. The smallest absolute Gasteiger partial charge is 0.416 e. The molecule has 0 aliphatic carbocycles. The maximum absolute atomic E-state index is 13.1. The molecule has 9 heteroatoms. The van der Waals surface area contributed by atoms with Crippen LogP contribution in [0.3, 0.4) is 0 Å². The lowest BCUT2D eigenvalue weighted by Gasteiger charge is -2.15. The van der Waals surface area contributed by atoms with Gasteiger partial charge in [0.15, 0.2) is 0 Å². The number of hydrogen-bond donors (Lipinski definition) is 2. The predicted octanol–water partition coefficient (Wildman–Crippen LogP) is 5.09. The highest BCUT2D eigenvalue weighted by Crippen LogP contribution is 2.34. The van der Waals surface area contributed by atoms with Crippen LogP contribution in [-0.2, 0) is 17.6 Å². The SMILES string of the molecule is CCC(=O)Nc1ccc(OCc2ccc(Br)cc2C(F)(F)F)cc1C(=O)O. The Labute approximate surface area is 161 Å². The van der Waals surface area contributed by atoms with E-state index in [1.807, 2.05) is 0 Å². The van der Waals surface area contributed by atoms with Gasteiger partial charge in [-0.25, -0.2) is 4.79 Å². The molecule has 2 aromatic rings. The third-order valence-electron chi connectivity index (χ3n) is 3.59. The van der Waals surface area contributed by atoms with Crippen LogP contribution in [-0.4, -0.2) is 17.0 Å². The second kappa shape index (κ2) is 8.43. The molecular formula is C18H15BrF3NO4. The zero-order valence-electron chi connectivity index (χ0n) is 14.1. The van der Waals surface area contributed by atoms with Gasteiger partial charge in [-0.05, 0) is 30.3 Å². The number of aromatic carboxylic acids is 1. The second-order valence-corrected chi connectivity index (χ2v) is 6.42. The average Bonchev–Trinajstić information content (AvgIpc) is 2.60. The topological polar surface area (TPSA) is 75.6 Å². The Kier molecular flexibility index (Phi) is 6.48. The number of rotatable bonds is 6. The number of hydrogen-bond acceptors (Lipinski definition) is 3. The fourth-order valence-corrected chi connectivity index (χ4v) is 2.60. The van der Waals surface area contributed by atoms with Crippen molar-refractivity contribution >= 4 is 33.5 Å². The number of nitrogens with one attached hydrogen (secondary N) is 1. The number of benzene rings is 2. The first kappa shape index (κ1) is 20.8. The first-order chi connectivity index (χ1) is 12.6. The Hall–Kier alpha value is -2.55. The van der Waals surface area contributed by atoms with Crippen LogP contribution in [0.5, 0.6) is 5.75 Å². The fraction of sp³-hybridized carbons (Fsp3) is 0.222. The highest BCUT2D eigenvalue weighted by molar-refractivity contribution is 9.10. The average molecular weight is 446 g/mol. The molecule has 0 spiro atoms. The van der Waals surface area contributed by atoms with Crippen LogP contribution in [0.15, 0.2) is 40.9 Å². The molecule has 0 heterocycles. The third-order valence-corrected chi connectivity index (χ3v) is 4.08. The molecule has 144 valence electrons. The van der Waals surface area contributed by atoms with Gasteiger partial charge in [-0.2, -0.15) is 13.2 Å². The Morgan fingerprint density at radius 2 is 1.89 bits per heavy atom. The minimum absolute atomic E-state index is 0.0675. The lowest BCUT2D eigenvalue weighted by molar-refractivity contribution is -0.138. The van der Waals surface area contributed by atoms with Crippen molar-refractivity contribution in [3.63, 3.8) is 0 Å². The van der Waals surface area contributed by atoms with Gasteiger partial charge in [0, 0.05) is 16.5 Å². The minimum atomic E-state index is -4.55. The summed E-state index contributed by atoms with van der Waals surface area (Å²) >= 11 is 3.00. The van der Waals surface area contributed by atoms with E-state index in [4.69, 9.17) is 4.74 Å². The zero-order chi connectivity index (χ0) is 20.2. The van der Waals surface area contributed by atoms with Crippen LogP contribution in [0.25, 0.3) is 0 Å². The molecule has 27 heavy (non-hydrogen) atoms. The van der Waals surface area contributed by atoms with Crippen molar-refractivity contribution in [3.05, 3.63) is 57.6 Å². The van der Waals surface area contributed by atoms with Gasteiger partial charge in [-0.15, -0.1) is 0 Å². The molecule has 0 saturated heterocycles. The second-order valence-electron chi connectivity index (χ2n) is 5.50. The summed E-state index contributed by atoms with van der Waals surface area (Å²) in [6.45, 7) is 1.21. The molecule has 0 unspecified atom stereocenters. The van der Waals surface area contributed by atoms with Crippen molar-refractivity contribution in [2.75, 3.05) is 5.32 Å². The number of carboxylic acid groups (broad SMARTS) is 1. The van der Waals surface area contributed by atoms with E-state index in [0.717, 1.165) is 12.1 Å². The maximum atomic E-state index is 13.1. The van der Waals surface area contributed by atoms with Gasteiger partial charge in [0.25, 0.3) is 0 Å². The van der Waals surface area contributed by atoms with Crippen molar-refractivity contribution in [1.82, 2.24) is 0 Å². The summed E-state index contributed by atoms with van der Waals surface area (Å²) in [6.07, 6.45) is -4.38. The van der Waals surface area contributed by atoms with Crippen LogP contribution in [0.2, 0.25) is 0 Å². The molecule has 2 aromatic carbocycles. The maximum Gasteiger partial charge on any atom is 0.416 e. The van der Waals surface area contributed by atoms with Crippen molar-refractivity contribution in [1.29, 1.82) is 0 Å². The number of ether oxygens (including phenoxy) is 1. The minimum Gasteiger partial charge on any atom is -0.489 e. The monoisotopic (exact) mass is 445 g/mol. The molecule has 1 amide bonds. The Balaban J connectivity index is 2.25. The van der Waals surface area contributed by atoms with Gasteiger partial charge in [0.05, 0.1) is 16.8 Å². The van der Waals surface area contributed by atoms with Crippen molar-refractivity contribution in [2.45, 2.75) is 26.1 Å². The number of anilines is 1. The van der Waals surface area contributed by atoms with Gasteiger partial charge in [0.2, 0.25) is 5.91 Å². The summed E-state index contributed by atoms with van der Waals surface area (Å²) in [4.78, 5) is 22.8. The van der Waals surface area contributed by atoms with E-state index < -0.39 is 24.3 Å². The molecule has 5 nitrogen and oxygen atoms in total. The molecule has 0 saturated carbocycles. The number of carbonyl (C=O) groups is 2. The Morgan fingerprint density at radius 1 is 1.19 bits per heavy atom. The highest BCUT2D eigenvalue weighted by Gasteiger charge is 2.33. The van der Waals surface area contributed by atoms with Gasteiger partial charge in [0.1, 0.15) is 12.4 Å². The van der Waals surface area contributed by atoms with Crippen LogP contribution < -0.4 is 10.1 Å². The molecule has 0 aromatic heterocycles. The Bertz CT molecular complexity index is 868. The molecular weight excluding hydrogens is 431 g/mol. The van der Waals surface area contributed by atoms with E-state index in [1.54, 1.807) is 6.92 Å². The van der Waals surface area contributed by atoms with E-state index in [1.165, 1.54) is 24.3 Å². The van der Waals surface area contributed by atoms with Gasteiger partial charge in [-0.3, -0.25) is 4.79 Å². The van der Waals surface area contributed by atoms with Crippen molar-refractivity contribution < 1.29 is 32.6 Å². The van der Waals surface area contributed by atoms with E-state index in [2.05, 4.69) is 21.2 Å². The first-order valence-corrected chi connectivity index (χ1v) is 8.56. The summed E-state index contributed by atoms with van der Waals surface area (Å²) in [7, 11) is 0. The predicted molar refractivity (Wildman–Crippen MR) is 95.8 cm³/mol. The molecule has 0 bridgehead atoms. The van der Waals surface area contributed by atoms with E-state index in [9.17, 15) is 27.9 Å². The molecule has 0 aliphatic rings. The van der Waals surface area contributed by atoms with Gasteiger partial charge < -0.3 is 15.2 Å². The summed E-state index contributed by atoms with van der Waals surface area (Å²) < 4.78 is 45.0. The lowest BCUT2D eigenvalue weighted by atomic mass is 10.1. The van der Waals surface area contributed by atoms with Gasteiger partial charge in [-0.1, -0.05) is 28.9 Å². The summed E-state index contributed by atoms with van der Waals surface area (Å²) in [6, 6.07) is 7.55. The Morgan fingerprint density at radius 3 is 2.48 bits per heavy atom.